The van der Waals surface area contributed by atoms with Gasteiger partial charge in [-0.25, -0.2) is 4.39 Å². The molecule has 0 bridgehead atoms. The van der Waals surface area contributed by atoms with E-state index < -0.39 is 5.97 Å². The van der Waals surface area contributed by atoms with E-state index in [1.54, 1.807) is 0 Å². The average Bonchev–Trinajstić information content (AvgIpc) is 2.44. The molecule has 0 radical (unpaired) electrons. The molecular weight excluding hydrogens is 269 g/mol. The van der Waals surface area contributed by atoms with Crippen LogP contribution in [0, 0.1) is 5.82 Å². The van der Waals surface area contributed by atoms with Crippen LogP contribution in [0.4, 0.5) is 4.39 Å². The minimum absolute atomic E-state index is 0.164. The van der Waals surface area contributed by atoms with E-state index in [1.165, 1.54) is 6.07 Å². The van der Waals surface area contributed by atoms with Crippen LogP contribution < -0.4 is 0 Å². The lowest BCUT2D eigenvalue weighted by Crippen LogP contribution is -2.00. The molecule has 1 N–H and O–H groups in total. The van der Waals surface area contributed by atoms with Gasteiger partial charge in [0.05, 0.1) is 0 Å². The molecule has 116 valence electrons. The highest BCUT2D eigenvalue weighted by molar-refractivity contribution is 5.66. The second-order valence-electron chi connectivity index (χ2n) is 5.47. The van der Waals surface area contributed by atoms with Crippen molar-refractivity contribution in [3.8, 4) is 0 Å². The highest BCUT2D eigenvalue weighted by Crippen LogP contribution is 2.21. The predicted octanol–water partition coefficient (Wildman–Crippen LogP) is 4.21. The lowest BCUT2D eigenvalue weighted by Gasteiger charge is -2.11. The first-order valence-electron chi connectivity index (χ1n) is 7.47. The number of aryl methyl sites for hydroxylation is 1. The number of benzene rings is 1. The van der Waals surface area contributed by atoms with Crippen LogP contribution in [0.25, 0.3) is 0 Å². The summed E-state index contributed by atoms with van der Waals surface area (Å²) in [5.41, 5.74) is 1.83. The Hall–Kier alpha value is -1.71. The summed E-state index contributed by atoms with van der Waals surface area (Å²) in [5, 5.41) is 8.55. The third kappa shape index (κ3) is 6.52. The maximum absolute atomic E-state index is 13.8. The van der Waals surface area contributed by atoms with Crippen LogP contribution in [0.2, 0.25) is 0 Å². The zero-order chi connectivity index (χ0) is 15.7. The maximum atomic E-state index is 13.8. The first-order valence-corrected chi connectivity index (χ1v) is 7.47. The Kier molecular flexibility index (Phi) is 7.65. The van der Waals surface area contributed by atoms with Gasteiger partial charge in [-0.2, -0.15) is 0 Å². The predicted molar refractivity (Wildman–Crippen MR) is 83.7 cm³/mol. The fourth-order valence-corrected chi connectivity index (χ4v) is 2.34. The van der Waals surface area contributed by atoms with Gasteiger partial charge in [0.1, 0.15) is 5.82 Å². The Balaban J connectivity index is 2.45. The number of hydrogen-bond acceptors (Lipinski definition) is 2. The minimum Gasteiger partial charge on any atom is -0.481 e. The maximum Gasteiger partial charge on any atom is 0.303 e. The number of aliphatic imine (C=N–C) groups is 1. The molecule has 1 rings (SSSR count). The van der Waals surface area contributed by atoms with Crippen molar-refractivity contribution in [2.75, 3.05) is 6.54 Å². The normalized spacial score (nSPS) is 12.1. The van der Waals surface area contributed by atoms with Crippen LogP contribution in [-0.4, -0.2) is 24.3 Å². The van der Waals surface area contributed by atoms with E-state index >= 15 is 0 Å². The van der Waals surface area contributed by atoms with Gasteiger partial charge in [0.25, 0.3) is 0 Å². The lowest BCUT2D eigenvalue weighted by molar-refractivity contribution is -0.137. The third-order valence-electron chi connectivity index (χ3n) is 3.63. The van der Waals surface area contributed by atoms with E-state index in [2.05, 4.69) is 18.6 Å². The molecule has 0 heterocycles. The number of hydrogen-bond donors (Lipinski definition) is 1. The van der Waals surface area contributed by atoms with Gasteiger partial charge in [0.15, 0.2) is 0 Å². The molecule has 1 aromatic rings. The highest BCUT2D eigenvalue weighted by Gasteiger charge is 2.09. The van der Waals surface area contributed by atoms with E-state index in [-0.39, 0.29) is 18.2 Å². The molecule has 0 aromatic heterocycles. The van der Waals surface area contributed by atoms with E-state index in [1.807, 2.05) is 12.1 Å². The van der Waals surface area contributed by atoms with Gasteiger partial charge in [-0.05, 0) is 43.2 Å². The van der Waals surface area contributed by atoms with Crippen molar-refractivity contribution in [1.29, 1.82) is 0 Å². The summed E-state index contributed by atoms with van der Waals surface area (Å²) in [6.07, 6.45) is 4.30. The molecular formula is C17H24FNO2. The van der Waals surface area contributed by atoms with Crippen LogP contribution in [0.3, 0.4) is 0 Å². The summed E-state index contributed by atoms with van der Waals surface area (Å²) in [7, 11) is 0. The van der Waals surface area contributed by atoms with Crippen molar-refractivity contribution in [2.45, 2.75) is 51.4 Å². The van der Waals surface area contributed by atoms with E-state index in [0.717, 1.165) is 30.4 Å². The summed E-state index contributed by atoms with van der Waals surface area (Å²) < 4.78 is 13.8. The Bertz CT molecular complexity index is 474. The molecule has 0 aliphatic carbocycles. The van der Waals surface area contributed by atoms with Crippen molar-refractivity contribution < 1.29 is 14.3 Å². The number of rotatable bonds is 10. The van der Waals surface area contributed by atoms with Gasteiger partial charge >= 0.3 is 5.97 Å². The molecule has 0 saturated heterocycles. The number of carbonyl (C=O) groups is 1. The Labute approximate surface area is 125 Å². The molecule has 0 spiro atoms. The number of halogens is 1. The standard InChI is InChI=1S/C17H24FNO2/c1-13(12-19-2)14-9-10-16(18)15(11-14)7-5-3-4-6-8-17(20)21/h9-11,13H,2-8,12H2,1H3,(H,20,21). The fraction of sp³-hybridized carbons (Fsp3) is 0.529. The Morgan fingerprint density at radius 1 is 1.33 bits per heavy atom. The third-order valence-corrected chi connectivity index (χ3v) is 3.63. The molecule has 0 aliphatic heterocycles. The Morgan fingerprint density at radius 3 is 2.71 bits per heavy atom. The van der Waals surface area contributed by atoms with Gasteiger partial charge in [0, 0.05) is 18.9 Å². The smallest absolute Gasteiger partial charge is 0.303 e. The molecule has 0 aliphatic rings. The van der Waals surface area contributed by atoms with E-state index in [0.29, 0.717) is 19.4 Å². The van der Waals surface area contributed by atoms with Gasteiger partial charge in [0.2, 0.25) is 0 Å². The van der Waals surface area contributed by atoms with Gasteiger partial charge in [-0.1, -0.05) is 31.9 Å². The van der Waals surface area contributed by atoms with Crippen LogP contribution in [0.15, 0.2) is 23.2 Å². The molecule has 0 fully saturated rings. The quantitative estimate of drug-likeness (QED) is 0.519. The number of unbranched alkanes of at least 4 members (excludes halogenated alkanes) is 3. The van der Waals surface area contributed by atoms with E-state index in [4.69, 9.17) is 5.11 Å². The molecule has 1 aromatic carbocycles. The zero-order valence-corrected chi connectivity index (χ0v) is 12.6. The summed E-state index contributed by atoms with van der Waals surface area (Å²) in [6.45, 7) is 6.18. The fourth-order valence-electron chi connectivity index (χ4n) is 2.34. The topological polar surface area (TPSA) is 49.7 Å². The molecule has 21 heavy (non-hydrogen) atoms. The second kappa shape index (κ2) is 9.27. The molecule has 0 saturated carbocycles. The first kappa shape index (κ1) is 17.3. The van der Waals surface area contributed by atoms with Crippen molar-refractivity contribution in [3.05, 3.63) is 35.1 Å². The van der Waals surface area contributed by atoms with Crippen molar-refractivity contribution in [2.24, 2.45) is 4.99 Å². The summed E-state index contributed by atoms with van der Waals surface area (Å²) in [4.78, 5) is 14.3. The van der Waals surface area contributed by atoms with Crippen LogP contribution >= 0.6 is 0 Å². The van der Waals surface area contributed by atoms with E-state index in [9.17, 15) is 9.18 Å². The zero-order valence-electron chi connectivity index (χ0n) is 12.6. The molecule has 1 unspecified atom stereocenters. The number of nitrogens with zero attached hydrogens (tertiary/aromatic N) is 1. The largest absolute Gasteiger partial charge is 0.481 e. The number of carboxylic acids is 1. The van der Waals surface area contributed by atoms with Crippen molar-refractivity contribution in [1.82, 2.24) is 0 Å². The Morgan fingerprint density at radius 2 is 2.05 bits per heavy atom. The molecule has 3 nitrogen and oxygen atoms in total. The average molecular weight is 293 g/mol. The molecule has 0 amide bonds. The van der Waals surface area contributed by atoms with Gasteiger partial charge < -0.3 is 10.1 Å². The van der Waals surface area contributed by atoms with Crippen LogP contribution in [-0.2, 0) is 11.2 Å². The van der Waals surface area contributed by atoms with Gasteiger partial charge in [-0.3, -0.25) is 4.79 Å². The van der Waals surface area contributed by atoms with Crippen molar-refractivity contribution >= 4 is 12.7 Å². The molecule has 4 heteroatoms. The lowest BCUT2D eigenvalue weighted by atomic mass is 9.96. The highest BCUT2D eigenvalue weighted by atomic mass is 19.1. The number of aliphatic carboxylic acids is 1. The summed E-state index contributed by atoms with van der Waals surface area (Å²) in [6, 6.07) is 5.25. The number of carboxylic acid groups (broad SMARTS) is 1. The SMILES string of the molecule is C=NCC(C)c1ccc(F)c(CCCCCCC(=O)O)c1. The minimum atomic E-state index is -0.751. The second-order valence-corrected chi connectivity index (χ2v) is 5.47. The van der Waals surface area contributed by atoms with Crippen LogP contribution in [0.5, 0.6) is 0 Å². The summed E-state index contributed by atoms with van der Waals surface area (Å²) in [5.74, 6) is -0.668. The summed E-state index contributed by atoms with van der Waals surface area (Å²) >= 11 is 0. The van der Waals surface area contributed by atoms with Crippen LogP contribution in [0.1, 0.15) is 56.1 Å². The van der Waals surface area contributed by atoms with Gasteiger partial charge in [-0.15, -0.1) is 0 Å². The van der Waals surface area contributed by atoms with Crippen molar-refractivity contribution in [3.63, 3.8) is 0 Å². The monoisotopic (exact) mass is 293 g/mol. The molecule has 1 atom stereocenters. The first-order chi connectivity index (χ1) is 10.0.